The van der Waals surface area contributed by atoms with Crippen LogP contribution in [0.3, 0.4) is 0 Å². The molecule has 13 heteroatoms. The molecule has 1 aliphatic rings. The van der Waals surface area contributed by atoms with Crippen LogP contribution in [0.25, 0.3) is 0 Å². The average molecular weight is 518 g/mol. The van der Waals surface area contributed by atoms with Gasteiger partial charge in [-0.15, -0.1) is 0 Å². The lowest BCUT2D eigenvalue weighted by Gasteiger charge is -2.11. The Balaban J connectivity index is 1.56. The lowest BCUT2D eigenvalue weighted by Crippen LogP contribution is -2.25. The number of methoxy groups -OCH3 is 1. The number of anilines is 1. The molecule has 0 unspecified atom stereocenters. The molecule has 0 spiro atoms. The fourth-order valence-corrected chi connectivity index (χ4v) is 5.63. The lowest BCUT2D eigenvalue weighted by molar-refractivity contribution is -0.110. The van der Waals surface area contributed by atoms with Crippen LogP contribution in [0, 0.1) is 0 Å². The molecule has 0 saturated carbocycles. The zero-order valence-corrected chi connectivity index (χ0v) is 20.4. The highest BCUT2D eigenvalue weighted by Crippen LogP contribution is 2.23. The van der Waals surface area contributed by atoms with E-state index in [9.17, 15) is 13.2 Å². The Morgan fingerprint density at radius 2 is 1.97 bits per heavy atom. The number of oxime groups is 1. The maximum absolute atomic E-state index is 13.1. The highest BCUT2D eigenvalue weighted by atomic mass is 32.2. The van der Waals surface area contributed by atoms with Crippen molar-refractivity contribution in [3.05, 3.63) is 65.2 Å². The van der Waals surface area contributed by atoms with Gasteiger partial charge in [-0.25, -0.2) is 23.4 Å². The van der Waals surface area contributed by atoms with Gasteiger partial charge in [0.15, 0.2) is 33.1 Å². The molecule has 0 aliphatic carbocycles. The highest BCUT2D eigenvalue weighted by molar-refractivity contribution is 7.92. The van der Waals surface area contributed by atoms with Gasteiger partial charge < -0.3 is 14.3 Å². The molecule has 3 aromatic rings. The topological polar surface area (TPSA) is 142 Å². The van der Waals surface area contributed by atoms with Crippen molar-refractivity contribution in [1.29, 1.82) is 0 Å². The molecule has 11 nitrogen and oxygen atoms in total. The summed E-state index contributed by atoms with van der Waals surface area (Å²) in [6, 6.07) is 7.60. The van der Waals surface area contributed by atoms with Crippen molar-refractivity contribution in [1.82, 2.24) is 15.0 Å². The van der Waals surface area contributed by atoms with Gasteiger partial charge in [0.25, 0.3) is 5.91 Å². The maximum atomic E-state index is 13.1. The third kappa shape index (κ3) is 6.25. The maximum Gasteiger partial charge on any atom is 0.280 e. The Morgan fingerprint density at radius 1 is 1.20 bits per heavy atom. The van der Waals surface area contributed by atoms with E-state index in [1.165, 1.54) is 35.6 Å². The van der Waals surface area contributed by atoms with Crippen molar-refractivity contribution >= 4 is 37.9 Å². The third-order valence-electron chi connectivity index (χ3n) is 5.03. The summed E-state index contributed by atoms with van der Waals surface area (Å²) in [6.45, 7) is 0.912. The molecule has 1 aliphatic heterocycles. The van der Waals surface area contributed by atoms with Crippen LogP contribution in [0.5, 0.6) is 0 Å². The Hall–Kier alpha value is -3.26. The van der Waals surface area contributed by atoms with Crippen LogP contribution < -0.4 is 5.32 Å². The number of rotatable bonds is 10. The number of carbonyl (C=O) groups excluding carboxylic acids is 1. The van der Waals surface area contributed by atoms with Gasteiger partial charge in [0.1, 0.15) is 0 Å². The third-order valence-corrected chi connectivity index (χ3v) is 8.09. The van der Waals surface area contributed by atoms with Gasteiger partial charge in [-0.2, -0.15) is 0 Å². The number of thiazole rings is 1. The number of hydrogen-bond donors (Lipinski definition) is 1. The number of nitrogens with zero attached hydrogens (tertiary/aromatic N) is 4. The van der Waals surface area contributed by atoms with Crippen LogP contribution >= 0.6 is 11.3 Å². The van der Waals surface area contributed by atoms with Crippen molar-refractivity contribution in [2.75, 3.05) is 25.6 Å². The van der Waals surface area contributed by atoms with E-state index in [4.69, 9.17) is 14.3 Å². The van der Waals surface area contributed by atoms with Crippen LogP contribution in [-0.4, -0.2) is 60.6 Å². The molecular formula is C22H23N5O6S2. The second-order valence-corrected chi connectivity index (χ2v) is 10.8. The van der Waals surface area contributed by atoms with Crippen molar-refractivity contribution in [2.24, 2.45) is 5.16 Å². The number of sulfone groups is 1. The van der Waals surface area contributed by atoms with Crippen LogP contribution in [0.1, 0.15) is 22.7 Å². The van der Waals surface area contributed by atoms with E-state index in [0.29, 0.717) is 36.2 Å². The molecule has 3 heterocycles. The first-order valence-electron chi connectivity index (χ1n) is 10.6. The summed E-state index contributed by atoms with van der Waals surface area (Å²) in [5.74, 6) is -0.183. The number of nitrogens with one attached hydrogen (secondary N) is 1. The van der Waals surface area contributed by atoms with Gasteiger partial charge in [0.05, 0.1) is 28.2 Å². The summed E-state index contributed by atoms with van der Waals surface area (Å²) < 4.78 is 36.0. The Bertz CT molecular complexity index is 1270. The summed E-state index contributed by atoms with van der Waals surface area (Å²) >= 11 is 1.26. The van der Waals surface area contributed by atoms with Crippen LogP contribution in [0.2, 0.25) is 0 Å². The van der Waals surface area contributed by atoms with Gasteiger partial charge in [-0.3, -0.25) is 10.1 Å². The minimum absolute atomic E-state index is 0.0546. The van der Waals surface area contributed by atoms with E-state index in [1.54, 1.807) is 31.8 Å². The monoisotopic (exact) mass is 517 g/mol. The van der Waals surface area contributed by atoms with E-state index in [0.717, 1.165) is 4.88 Å². The summed E-state index contributed by atoms with van der Waals surface area (Å²) in [5.41, 5.74) is 0.310. The zero-order chi connectivity index (χ0) is 24.7. The predicted molar refractivity (Wildman–Crippen MR) is 128 cm³/mol. The molecule has 184 valence electrons. The fourth-order valence-electron chi connectivity index (χ4n) is 3.27. The number of ether oxygens (including phenoxy) is 2. The van der Waals surface area contributed by atoms with E-state index in [2.05, 4.69) is 25.4 Å². The lowest BCUT2D eigenvalue weighted by atomic mass is 10.1. The zero-order valence-electron chi connectivity index (χ0n) is 18.8. The smallest absolute Gasteiger partial charge is 0.280 e. The molecule has 1 amide bonds. The van der Waals surface area contributed by atoms with E-state index in [-0.39, 0.29) is 23.8 Å². The van der Waals surface area contributed by atoms with Crippen LogP contribution in [0.4, 0.5) is 5.13 Å². The van der Waals surface area contributed by atoms with Crippen LogP contribution in [0.15, 0.2) is 59.0 Å². The van der Waals surface area contributed by atoms with E-state index < -0.39 is 21.0 Å². The summed E-state index contributed by atoms with van der Waals surface area (Å²) in [6.07, 6.45) is 5.19. The fraction of sp³-hybridized carbons (Fsp3) is 0.318. The standard InChI is InChI=1S/C22H23N5O6S2/c1-31-12-16-11-25-22(34-16)26-21(28)20(27-33-14-19-23-8-2-9-24-19)15-3-5-17(6-4-15)35(29,30)18-7-10-32-13-18/h2-6,8-9,11,18H,7,10,12-14H2,1H3,(H,25,26,28)/b27-20+/t18-/m0/s1. The molecule has 1 saturated heterocycles. The second kappa shape index (κ2) is 11.4. The van der Waals surface area contributed by atoms with Gasteiger partial charge in [-0.05, 0) is 24.6 Å². The van der Waals surface area contributed by atoms with Crippen molar-refractivity contribution in [3.8, 4) is 0 Å². The minimum Gasteiger partial charge on any atom is -0.387 e. The van der Waals surface area contributed by atoms with E-state index >= 15 is 0 Å². The van der Waals surface area contributed by atoms with E-state index in [1.807, 2.05) is 0 Å². The largest absolute Gasteiger partial charge is 0.387 e. The number of hydrogen-bond acceptors (Lipinski definition) is 11. The predicted octanol–water partition coefficient (Wildman–Crippen LogP) is 2.20. The van der Waals surface area contributed by atoms with Gasteiger partial charge in [0.2, 0.25) is 0 Å². The molecule has 2 aromatic heterocycles. The summed E-state index contributed by atoms with van der Waals surface area (Å²) in [5, 5.41) is 6.48. The SMILES string of the molecule is COCc1cnc(NC(=O)/C(=N/OCc2ncccn2)c2ccc(S(=O)(=O)[C@H]3CCOC3)cc2)s1. The first-order valence-corrected chi connectivity index (χ1v) is 13.0. The summed E-state index contributed by atoms with van der Waals surface area (Å²) in [4.78, 5) is 31.7. The van der Waals surface area contributed by atoms with Crippen LogP contribution in [-0.2, 0) is 42.2 Å². The molecule has 1 aromatic carbocycles. The highest BCUT2D eigenvalue weighted by Gasteiger charge is 2.31. The molecular weight excluding hydrogens is 494 g/mol. The second-order valence-electron chi connectivity index (χ2n) is 7.45. The quantitative estimate of drug-likeness (QED) is 0.316. The average Bonchev–Trinajstić information content (AvgIpc) is 3.56. The van der Waals surface area contributed by atoms with Gasteiger partial charge >= 0.3 is 0 Å². The molecule has 35 heavy (non-hydrogen) atoms. The van der Waals surface area contributed by atoms with Gasteiger partial charge in [0, 0.05) is 37.9 Å². The number of carbonyl (C=O) groups is 1. The molecule has 1 fully saturated rings. The molecule has 1 atom stereocenters. The van der Waals surface area contributed by atoms with Crippen molar-refractivity contribution in [2.45, 2.75) is 29.8 Å². The molecule has 0 radical (unpaired) electrons. The number of amides is 1. The number of benzene rings is 1. The number of aromatic nitrogens is 3. The molecule has 4 rings (SSSR count). The van der Waals surface area contributed by atoms with Crippen molar-refractivity contribution < 1.29 is 27.5 Å². The Labute approximate surface area is 206 Å². The minimum atomic E-state index is -3.54. The Morgan fingerprint density at radius 3 is 2.66 bits per heavy atom. The van der Waals surface area contributed by atoms with Crippen molar-refractivity contribution in [3.63, 3.8) is 0 Å². The first-order chi connectivity index (χ1) is 17.0. The normalized spacial score (nSPS) is 16.3. The van der Waals surface area contributed by atoms with Gasteiger partial charge in [-0.1, -0.05) is 28.6 Å². The Kier molecular flexibility index (Phi) is 8.13. The first kappa shape index (κ1) is 24.9. The molecule has 1 N–H and O–H groups in total. The molecule has 0 bridgehead atoms. The summed E-state index contributed by atoms with van der Waals surface area (Å²) in [7, 11) is -1.97.